The standard InChI is InChI=1S/ClH4O4P/c1-6(2,3,4)5/h2-5H. The third-order valence-corrected chi connectivity index (χ3v) is 0. The first-order chi connectivity index (χ1) is 2.24. The Morgan fingerprint density at radius 1 is 1.00 bits per heavy atom. The monoisotopic (exact) mass is 134 g/mol. The van der Waals surface area contributed by atoms with Crippen molar-refractivity contribution in [2.45, 2.75) is 0 Å². The Morgan fingerprint density at radius 2 is 1.00 bits per heavy atom. The molecule has 0 aromatic carbocycles. The number of rotatable bonds is 0. The van der Waals surface area contributed by atoms with Crippen LogP contribution in [0.25, 0.3) is 0 Å². The maximum absolute atomic E-state index is 7.55. The van der Waals surface area contributed by atoms with Crippen LogP contribution in [0.4, 0.5) is 0 Å². The molecule has 0 aromatic rings. The normalized spacial score (nSPS) is 19.2. The van der Waals surface area contributed by atoms with Crippen molar-refractivity contribution >= 4 is 18.1 Å². The predicted molar refractivity (Wildman–Crippen MR) is 21.6 cm³/mol. The fourth-order valence-electron chi connectivity index (χ4n) is 0. The van der Waals surface area contributed by atoms with Gasteiger partial charge >= 0.3 is 37.7 Å². The molecular formula is H4ClO4P. The topological polar surface area (TPSA) is 80.9 Å². The van der Waals surface area contributed by atoms with E-state index in [0.717, 1.165) is 0 Å². The molecule has 0 spiro atoms. The molecule has 0 saturated carbocycles. The fraction of sp³-hybridized carbons (Fsp3) is 0. The zero-order chi connectivity index (χ0) is 5.45. The Hall–Kier alpha value is 0.560. The second-order valence-electron chi connectivity index (χ2n) is 0.839. The van der Waals surface area contributed by atoms with E-state index in [1.54, 1.807) is 0 Å². The summed E-state index contributed by atoms with van der Waals surface area (Å²) in [6.45, 7) is -5.58. The van der Waals surface area contributed by atoms with E-state index in [-0.39, 0.29) is 0 Å². The summed E-state index contributed by atoms with van der Waals surface area (Å²) < 4.78 is 0. The number of hydrogen-bond donors (Lipinski definition) is 4. The summed E-state index contributed by atoms with van der Waals surface area (Å²) in [6.07, 6.45) is 0. The van der Waals surface area contributed by atoms with Crippen LogP contribution in [0.3, 0.4) is 0 Å². The van der Waals surface area contributed by atoms with Crippen molar-refractivity contribution < 1.29 is 19.6 Å². The summed E-state index contributed by atoms with van der Waals surface area (Å²) in [6, 6.07) is 0. The van der Waals surface area contributed by atoms with Gasteiger partial charge in [0.15, 0.2) is 0 Å². The summed E-state index contributed by atoms with van der Waals surface area (Å²) in [5.74, 6) is 0. The molecule has 0 bridgehead atoms. The van der Waals surface area contributed by atoms with Crippen molar-refractivity contribution in [1.82, 2.24) is 0 Å². The fourth-order valence-corrected chi connectivity index (χ4v) is 0. The number of hydrogen-bond acceptors (Lipinski definition) is 4. The van der Waals surface area contributed by atoms with Crippen molar-refractivity contribution in [3.8, 4) is 0 Å². The molecule has 0 aliphatic rings. The van der Waals surface area contributed by atoms with Gasteiger partial charge in [-0.2, -0.15) is 0 Å². The SMILES string of the molecule is OP(O)(O)(O)Cl. The maximum atomic E-state index is 7.55. The molecule has 0 amide bonds. The van der Waals surface area contributed by atoms with Crippen LogP contribution in [0, 0.1) is 0 Å². The van der Waals surface area contributed by atoms with Gasteiger partial charge in [-0.1, -0.05) is 0 Å². The summed E-state index contributed by atoms with van der Waals surface area (Å²) in [4.78, 5) is 30.2. The van der Waals surface area contributed by atoms with Crippen molar-refractivity contribution in [1.29, 1.82) is 0 Å². The van der Waals surface area contributed by atoms with Crippen molar-refractivity contribution in [2.75, 3.05) is 0 Å². The van der Waals surface area contributed by atoms with Gasteiger partial charge in [-0.05, 0) is 0 Å². The first kappa shape index (κ1) is 6.56. The molecule has 0 saturated heterocycles. The van der Waals surface area contributed by atoms with E-state index < -0.39 is 6.86 Å². The average molecular weight is 134 g/mol. The van der Waals surface area contributed by atoms with Gasteiger partial charge in [-0.25, -0.2) is 0 Å². The summed E-state index contributed by atoms with van der Waals surface area (Å²) in [7, 11) is 0. The Morgan fingerprint density at radius 3 is 1.00 bits per heavy atom. The van der Waals surface area contributed by atoms with Gasteiger partial charge in [0.25, 0.3) is 0 Å². The van der Waals surface area contributed by atoms with Gasteiger partial charge in [-0.3, -0.25) is 0 Å². The van der Waals surface area contributed by atoms with Crippen LogP contribution in [0.5, 0.6) is 0 Å². The molecule has 0 rings (SSSR count). The van der Waals surface area contributed by atoms with Crippen LogP contribution in [-0.4, -0.2) is 19.6 Å². The number of halogens is 1. The van der Waals surface area contributed by atoms with E-state index >= 15 is 0 Å². The summed E-state index contributed by atoms with van der Waals surface area (Å²) in [5, 5.41) is 0. The van der Waals surface area contributed by atoms with E-state index in [1.807, 2.05) is 0 Å². The zero-order valence-corrected chi connectivity index (χ0v) is 4.26. The van der Waals surface area contributed by atoms with Crippen molar-refractivity contribution in [2.24, 2.45) is 0 Å². The van der Waals surface area contributed by atoms with Gasteiger partial charge in [0.1, 0.15) is 0 Å². The Bertz CT molecular complexity index is 40.7. The van der Waals surface area contributed by atoms with Crippen LogP contribution < -0.4 is 0 Å². The molecule has 0 fully saturated rings. The third kappa shape index (κ3) is 184. The first-order valence-corrected chi connectivity index (χ1v) is 3.92. The first-order valence-electron chi connectivity index (χ1n) is 0.969. The minimum absolute atomic E-state index is 4.14. The van der Waals surface area contributed by atoms with Crippen LogP contribution in [0.1, 0.15) is 0 Å². The van der Waals surface area contributed by atoms with Crippen LogP contribution in [-0.2, 0) is 0 Å². The van der Waals surface area contributed by atoms with E-state index in [2.05, 4.69) is 11.2 Å². The van der Waals surface area contributed by atoms with Gasteiger partial charge in [0, 0.05) is 0 Å². The van der Waals surface area contributed by atoms with E-state index in [0.29, 0.717) is 0 Å². The van der Waals surface area contributed by atoms with Crippen molar-refractivity contribution in [3.63, 3.8) is 0 Å². The second kappa shape index (κ2) is 1.04. The zero-order valence-electron chi connectivity index (χ0n) is 2.61. The average Bonchev–Trinajstić information content (AvgIpc) is 0.650. The van der Waals surface area contributed by atoms with E-state index in [4.69, 9.17) is 19.6 Å². The second-order valence-corrected chi connectivity index (χ2v) is 4.33. The molecule has 0 atom stereocenters. The molecule has 4 N–H and O–H groups in total. The molecule has 0 aliphatic carbocycles. The molecule has 0 heterocycles. The predicted octanol–water partition coefficient (Wildman–Crippen LogP) is -0.677. The third-order valence-electron chi connectivity index (χ3n) is 0. The molecule has 0 aromatic heterocycles. The molecule has 4 nitrogen and oxygen atoms in total. The molecule has 6 heavy (non-hydrogen) atoms. The van der Waals surface area contributed by atoms with Crippen molar-refractivity contribution in [3.05, 3.63) is 0 Å². The molecule has 40 valence electrons. The van der Waals surface area contributed by atoms with Gasteiger partial charge in [-0.15, -0.1) is 0 Å². The Labute approximate surface area is 38.7 Å². The van der Waals surface area contributed by atoms with Crippen LogP contribution in [0.2, 0.25) is 0 Å². The van der Waals surface area contributed by atoms with Crippen LogP contribution >= 0.6 is 18.1 Å². The molecule has 6 heteroatoms. The van der Waals surface area contributed by atoms with Gasteiger partial charge < -0.3 is 0 Å². The Balaban J connectivity index is 3.73. The minimum atomic E-state index is -5.58. The van der Waals surface area contributed by atoms with E-state index in [9.17, 15) is 0 Å². The molecule has 0 unspecified atom stereocenters. The quantitative estimate of drug-likeness (QED) is 0.331. The molecular weight excluding hydrogens is 130 g/mol. The van der Waals surface area contributed by atoms with Crippen LogP contribution in [0.15, 0.2) is 0 Å². The van der Waals surface area contributed by atoms with Gasteiger partial charge in [0.2, 0.25) is 0 Å². The molecule has 0 radical (unpaired) electrons. The summed E-state index contributed by atoms with van der Waals surface area (Å²) >= 11 is 4.14. The van der Waals surface area contributed by atoms with E-state index in [1.165, 1.54) is 0 Å². The summed E-state index contributed by atoms with van der Waals surface area (Å²) in [5.41, 5.74) is 0. The Kier molecular flexibility index (Phi) is 1.13. The molecule has 0 aliphatic heterocycles. The van der Waals surface area contributed by atoms with Gasteiger partial charge in [0.05, 0.1) is 0 Å².